The van der Waals surface area contributed by atoms with Crippen molar-refractivity contribution in [1.82, 2.24) is 0 Å². The zero-order valence-corrected chi connectivity index (χ0v) is 12.0. The predicted molar refractivity (Wildman–Crippen MR) is 77.5 cm³/mol. The van der Waals surface area contributed by atoms with Crippen LogP contribution in [-0.4, -0.2) is 8.42 Å². The number of aryl methyl sites for hydroxylation is 1. The highest BCUT2D eigenvalue weighted by Crippen LogP contribution is 2.27. The minimum absolute atomic E-state index is 0.0294. The monoisotopic (exact) mass is 294 g/mol. The molecule has 0 aliphatic rings. The average molecular weight is 294 g/mol. The van der Waals surface area contributed by atoms with E-state index in [1.807, 2.05) is 0 Å². The van der Waals surface area contributed by atoms with Crippen LogP contribution in [0.25, 0.3) is 0 Å². The number of benzene rings is 2. The minimum Gasteiger partial charge on any atom is -0.398 e. The maximum Gasteiger partial charge on any atom is 0.264 e. The lowest BCUT2D eigenvalue weighted by Gasteiger charge is -2.14. The number of hydrogen-bond acceptors (Lipinski definition) is 3. The second kappa shape index (κ2) is 5.13. The van der Waals surface area contributed by atoms with E-state index in [9.17, 15) is 12.8 Å². The molecule has 2 aromatic carbocycles. The summed E-state index contributed by atoms with van der Waals surface area (Å²) in [6.07, 6.45) is 0. The lowest BCUT2D eigenvalue weighted by atomic mass is 10.1. The van der Waals surface area contributed by atoms with E-state index in [2.05, 4.69) is 4.72 Å². The fourth-order valence-corrected chi connectivity index (χ4v) is 3.41. The highest BCUT2D eigenvalue weighted by atomic mass is 32.2. The van der Waals surface area contributed by atoms with Crippen molar-refractivity contribution in [2.45, 2.75) is 18.7 Å². The van der Waals surface area contributed by atoms with Crippen molar-refractivity contribution < 1.29 is 12.8 Å². The Bertz CT molecular complexity index is 758. The van der Waals surface area contributed by atoms with Crippen LogP contribution in [-0.2, 0) is 10.0 Å². The number of rotatable bonds is 3. The summed E-state index contributed by atoms with van der Waals surface area (Å²) < 4.78 is 40.2. The molecule has 0 saturated heterocycles. The molecule has 3 N–H and O–H groups in total. The third kappa shape index (κ3) is 2.75. The quantitative estimate of drug-likeness (QED) is 0.855. The Labute approximate surface area is 117 Å². The smallest absolute Gasteiger partial charge is 0.264 e. The fourth-order valence-electron chi connectivity index (χ4n) is 1.93. The van der Waals surface area contributed by atoms with Gasteiger partial charge in [0.05, 0.1) is 11.4 Å². The van der Waals surface area contributed by atoms with Crippen molar-refractivity contribution >= 4 is 21.4 Å². The van der Waals surface area contributed by atoms with Crippen LogP contribution in [0.15, 0.2) is 41.3 Å². The van der Waals surface area contributed by atoms with Gasteiger partial charge in [0.2, 0.25) is 0 Å². The molecule has 0 unspecified atom stereocenters. The molecule has 0 spiro atoms. The summed E-state index contributed by atoms with van der Waals surface area (Å²) in [6.45, 7) is 3.49. The zero-order valence-electron chi connectivity index (χ0n) is 11.1. The van der Waals surface area contributed by atoms with Gasteiger partial charge in [0.15, 0.2) is 0 Å². The third-order valence-electron chi connectivity index (χ3n) is 3.05. The van der Waals surface area contributed by atoms with E-state index in [1.54, 1.807) is 26.0 Å². The molecule has 0 aliphatic heterocycles. The molecule has 0 atom stereocenters. The Balaban J connectivity index is 2.49. The first kappa shape index (κ1) is 14.3. The summed E-state index contributed by atoms with van der Waals surface area (Å²) in [4.78, 5) is 0.0294. The standard InChI is InChI=1S/C14H15FN2O2S/c1-9-6-7-13(16)14(10(9)2)20(18,19)17-12-5-3-4-11(15)8-12/h3-8,17H,16H2,1-2H3. The Hall–Kier alpha value is -2.08. The van der Waals surface area contributed by atoms with Crippen molar-refractivity contribution in [1.29, 1.82) is 0 Å². The lowest BCUT2D eigenvalue weighted by Crippen LogP contribution is -2.16. The van der Waals surface area contributed by atoms with Crippen molar-refractivity contribution in [3.8, 4) is 0 Å². The van der Waals surface area contributed by atoms with Crippen LogP contribution >= 0.6 is 0 Å². The molecule has 20 heavy (non-hydrogen) atoms. The van der Waals surface area contributed by atoms with E-state index in [0.717, 1.165) is 11.6 Å². The van der Waals surface area contributed by atoms with Crippen molar-refractivity contribution in [3.05, 3.63) is 53.3 Å². The number of nitrogens with two attached hydrogens (primary N) is 1. The molecule has 0 bridgehead atoms. The maximum absolute atomic E-state index is 13.1. The van der Waals surface area contributed by atoms with Crippen LogP contribution in [0, 0.1) is 19.7 Å². The van der Waals surface area contributed by atoms with Crippen LogP contribution in [0.5, 0.6) is 0 Å². The first-order chi connectivity index (χ1) is 9.31. The van der Waals surface area contributed by atoms with Gasteiger partial charge < -0.3 is 5.73 Å². The Kier molecular flexibility index (Phi) is 3.67. The number of sulfonamides is 1. The van der Waals surface area contributed by atoms with Gasteiger partial charge in [-0.25, -0.2) is 12.8 Å². The fraction of sp³-hybridized carbons (Fsp3) is 0.143. The second-order valence-corrected chi connectivity index (χ2v) is 6.16. The van der Waals surface area contributed by atoms with Crippen LogP contribution in [0.2, 0.25) is 0 Å². The molecule has 106 valence electrons. The van der Waals surface area contributed by atoms with Gasteiger partial charge in [-0.05, 0) is 49.2 Å². The molecule has 0 aliphatic carbocycles. The molecule has 6 heteroatoms. The maximum atomic E-state index is 13.1. The highest BCUT2D eigenvalue weighted by Gasteiger charge is 2.21. The summed E-state index contributed by atoms with van der Waals surface area (Å²) in [6, 6.07) is 8.55. The van der Waals surface area contributed by atoms with Crippen LogP contribution in [0.3, 0.4) is 0 Å². The second-order valence-electron chi connectivity index (χ2n) is 4.54. The van der Waals surface area contributed by atoms with Gasteiger partial charge in [-0.15, -0.1) is 0 Å². The Morgan fingerprint density at radius 2 is 1.85 bits per heavy atom. The topological polar surface area (TPSA) is 72.2 Å². The predicted octanol–water partition coefficient (Wildman–Crippen LogP) is 2.83. The van der Waals surface area contributed by atoms with E-state index < -0.39 is 15.8 Å². The van der Waals surface area contributed by atoms with Gasteiger partial charge in [-0.3, -0.25) is 4.72 Å². The molecule has 0 aromatic heterocycles. The van der Waals surface area contributed by atoms with Crippen molar-refractivity contribution in [3.63, 3.8) is 0 Å². The van der Waals surface area contributed by atoms with Gasteiger partial charge >= 0.3 is 0 Å². The molecule has 2 aromatic rings. The highest BCUT2D eigenvalue weighted by molar-refractivity contribution is 7.93. The number of nitrogens with one attached hydrogen (secondary N) is 1. The van der Waals surface area contributed by atoms with Gasteiger partial charge in [-0.2, -0.15) is 0 Å². The summed E-state index contributed by atoms with van der Waals surface area (Å²) in [5.41, 5.74) is 7.48. The van der Waals surface area contributed by atoms with E-state index >= 15 is 0 Å². The average Bonchev–Trinajstić information content (AvgIpc) is 2.33. The molecule has 0 fully saturated rings. The SMILES string of the molecule is Cc1ccc(N)c(S(=O)(=O)Nc2cccc(F)c2)c1C. The third-order valence-corrected chi connectivity index (χ3v) is 4.64. The van der Waals surface area contributed by atoms with Crippen LogP contribution < -0.4 is 10.5 Å². The number of nitrogen functional groups attached to an aromatic ring is 1. The summed E-state index contributed by atoms with van der Waals surface area (Å²) >= 11 is 0. The van der Waals surface area contributed by atoms with Crippen LogP contribution in [0.1, 0.15) is 11.1 Å². The summed E-state index contributed by atoms with van der Waals surface area (Å²) in [5, 5.41) is 0. The molecule has 0 radical (unpaired) electrons. The lowest BCUT2D eigenvalue weighted by molar-refractivity contribution is 0.600. The largest absolute Gasteiger partial charge is 0.398 e. The van der Waals surface area contributed by atoms with E-state index in [-0.39, 0.29) is 16.3 Å². The Morgan fingerprint density at radius 1 is 1.15 bits per heavy atom. The van der Waals surface area contributed by atoms with E-state index in [0.29, 0.717) is 5.56 Å². The minimum atomic E-state index is -3.86. The molecule has 0 saturated carbocycles. The van der Waals surface area contributed by atoms with Gasteiger partial charge in [0, 0.05) is 0 Å². The molecule has 0 heterocycles. The van der Waals surface area contributed by atoms with Gasteiger partial charge in [0.25, 0.3) is 10.0 Å². The first-order valence-electron chi connectivity index (χ1n) is 5.95. The first-order valence-corrected chi connectivity index (χ1v) is 7.43. The molecule has 2 rings (SSSR count). The van der Waals surface area contributed by atoms with Crippen molar-refractivity contribution in [2.75, 3.05) is 10.5 Å². The molecule has 0 amide bonds. The molecular formula is C14H15FN2O2S. The molecular weight excluding hydrogens is 279 g/mol. The van der Waals surface area contributed by atoms with Crippen molar-refractivity contribution in [2.24, 2.45) is 0 Å². The Morgan fingerprint density at radius 3 is 2.50 bits per heavy atom. The van der Waals surface area contributed by atoms with Gasteiger partial charge in [-0.1, -0.05) is 12.1 Å². The number of halogens is 1. The summed E-state index contributed by atoms with van der Waals surface area (Å²) in [5.74, 6) is -0.515. The van der Waals surface area contributed by atoms with E-state index in [4.69, 9.17) is 5.73 Å². The normalized spacial score (nSPS) is 11.3. The van der Waals surface area contributed by atoms with Crippen LogP contribution in [0.4, 0.5) is 15.8 Å². The number of hydrogen-bond donors (Lipinski definition) is 2. The van der Waals surface area contributed by atoms with E-state index in [1.165, 1.54) is 18.2 Å². The molecule has 4 nitrogen and oxygen atoms in total. The zero-order chi connectivity index (χ0) is 14.9. The number of anilines is 2. The van der Waals surface area contributed by atoms with Gasteiger partial charge in [0.1, 0.15) is 10.7 Å². The summed E-state index contributed by atoms with van der Waals surface area (Å²) in [7, 11) is -3.86.